The number of nitrogens with two attached hydrogens (primary N) is 1. The van der Waals surface area contributed by atoms with Crippen molar-refractivity contribution in [2.75, 3.05) is 18.0 Å². The predicted molar refractivity (Wildman–Crippen MR) is 91.1 cm³/mol. The van der Waals surface area contributed by atoms with Crippen molar-refractivity contribution in [1.29, 1.82) is 0 Å². The Balaban J connectivity index is 1.67. The van der Waals surface area contributed by atoms with Crippen LogP contribution in [-0.4, -0.2) is 19.0 Å². The molecule has 3 rings (SSSR count). The van der Waals surface area contributed by atoms with Crippen molar-refractivity contribution in [2.45, 2.75) is 57.8 Å². The van der Waals surface area contributed by atoms with Gasteiger partial charge in [0, 0.05) is 18.2 Å². The van der Waals surface area contributed by atoms with Crippen molar-refractivity contribution in [2.24, 2.45) is 11.7 Å². The minimum Gasteiger partial charge on any atom is -0.330 e. The van der Waals surface area contributed by atoms with E-state index in [0.717, 1.165) is 57.3 Å². The number of benzene rings is 1. The van der Waals surface area contributed by atoms with Crippen LogP contribution in [0.2, 0.25) is 0 Å². The second-order valence-electron chi connectivity index (χ2n) is 6.78. The minimum absolute atomic E-state index is 0.268. The molecule has 1 heterocycles. The van der Waals surface area contributed by atoms with Crippen LogP contribution in [0.15, 0.2) is 18.2 Å². The highest BCUT2D eigenvalue weighted by molar-refractivity contribution is 5.97. The Morgan fingerprint density at radius 2 is 2.00 bits per heavy atom. The first-order valence-electron chi connectivity index (χ1n) is 8.93. The number of hydrogen-bond acceptors (Lipinski definition) is 2. The van der Waals surface area contributed by atoms with Crippen LogP contribution in [-0.2, 0) is 17.6 Å². The number of unbranched alkanes of at least 4 members (excludes halogenated alkanes) is 1. The normalized spacial score (nSPS) is 18.5. The van der Waals surface area contributed by atoms with Crippen LogP contribution in [0.1, 0.15) is 56.1 Å². The van der Waals surface area contributed by atoms with Crippen molar-refractivity contribution < 1.29 is 4.79 Å². The highest BCUT2D eigenvalue weighted by Gasteiger charge is 2.30. The fourth-order valence-corrected chi connectivity index (χ4v) is 3.88. The van der Waals surface area contributed by atoms with Crippen molar-refractivity contribution in [3.8, 4) is 0 Å². The first kappa shape index (κ1) is 15.5. The molecule has 1 aromatic carbocycles. The van der Waals surface area contributed by atoms with Crippen LogP contribution in [0.5, 0.6) is 0 Å². The molecule has 2 aliphatic rings. The van der Waals surface area contributed by atoms with Crippen molar-refractivity contribution in [1.82, 2.24) is 0 Å². The molecule has 2 N–H and O–H groups in total. The molecule has 1 amide bonds. The van der Waals surface area contributed by atoms with E-state index < -0.39 is 0 Å². The molecule has 0 saturated heterocycles. The largest absolute Gasteiger partial charge is 0.330 e. The van der Waals surface area contributed by atoms with Gasteiger partial charge < -0.3 is 10.6 Å². The fourth-order valence-electron chi connectivity index (χ4n) is 3.88. The quantitative estimate of drug-likeness (QED) is 0.847. The summed E-state index contributed by atoms with van der Waals surface area (Å²) in [7, 11) is 0. The topological polar surface area (TPSA) is 46.3 Å². The van der Waals surface area contributed by atoms with E-state index in [1.165, 1.54) is 30.4 Å². The number of amides is 1. The summed E-state index contributed by atoms with van der Waals surface area (Å²) in [5, 5.41) is 0. The van der Waals surface area contributed by atoms with Gasteiger partial charge in [0.25, 0.3) is 0 Å². The third-order valence-electron chi connectivity index (χ3n) is 5.18. The van der Waals surface area contributed by atoms with E-state index in [9.17, 15) is 4.79 Å². The van der Waals surface area contributed by atoms with Gasteiger partial charge in [-0.2, -0.15) is 0 Å². The summed E-state index contributed by atoms with van der Waals surface area (Å²) in [5.74, 6) is 0.637. The van der Waals surface area contributed by atoms with Gasteiger partial charge in [-0.1, -0.05) is 31.4 Å². The highest BCUT2D eigenvalue weighted by Crippen LogP contribution is 2.33. The van der Waals surface area contributed by atoms with E-state index >= 15 is 0 Å². The molecule has 1 aromatic rings. The maximum atomic E-state index is 12.8. The Morgan fingerprint density at radius 3 is 2.77 bits per heavy atom. The van der Waals surface area contributed by atoms with Crippen LogP contribution in [0.3, 0.4) is 0 Å². The molecule has 1 aliphatic carbocycles. The molecular formula is C19H28N2O. The molecule has 120 valence electrons. The second kappa shape index (κ2) is 7.28. The predicted octanol–water partition coefficient (Wildman–Crippen LogP) is 3.44. The molecule has 22 heavy (non-hydrogen) atoms. The maximum Gasteiger partial charge on any atom is 0.230 e. The lowest BCUT2D eigenvalue weighted by Gasteiger charge is -2.26. The molecule has 0 atom stereocenters. The number of anilines is 1. The number of nitrogens with zero attached hydrogens (tertiary/aromatic N) is 1. The van der Waals surface area contributed by atoms with Crippen LogP contribution in [0.4, 0.5) is 5.69 Å². The smallest absolute Gasteiger partial charge is 0.230 e. The molecule has 0 unspecified atom stereocenters. The molecule has 0 radical (unpaired) electrons. The van der Waals surface area contributed by atoms with Gasteiger partial charge in [0.1, 0.15) is 0 Å². The summed E-state index contributed by atoms with van der Waals surface area (Å²) >= 11 is 0. The molecule has 1 aliphatic heterocycles. The Kier molecular flexibility index (Phi) is 5.14. The standard InChI is InChI=1S/C19H28N2O/c20-12-5-4-6-15-9-10-18-17(14-15)11-13-21(18)19(22)16-7-2-1-3-8-16/h9-10,14,16H,1-8,11-13,20H2. The number of carbonyl (C=O) groups is 1. The molecule has 3 nitrogen and oxygen atoms in total. The zero-order valence-electron chi connectivity index (χ0n) is 13.5. The monoisotopic (exact) mass is 300 g/mol. The van der Waals surface area contributed by atoms with E-state index in [1.807, 2.05) is 0 Å². The van der Waals surface area contributed by atoms with Crippen LogP contribution >= 0.6 is 0 Å². The lowest BCUT2D eigenvalue weighted by molar-refractivity contribution is -0.123. The molecule has 3 heteroatoms. The number of fused-ring (bicyclic) bond motifs is 1. The first-order valence-corrected chi connectivity index (χ1v) is 8.93. The summed E-state index contributed by atoms with van der Waals surface area (Å²) in [5.41, 5.74) is 9.47. The number of rotatable bonds is 5. The van der Waals surface area contributed by atoms with E-state index in [0.29, 0.717) is 5.91 Å². The molecule has 0 aromatic heterocycles. The van der Waals surface area contributed by atoms with Gasteiger partial charge in [-0.3, -0.25) is 4.79 Å². The summed E-state index contributed by atoms with van der Waals surface area (Å²) in [4.78, 5) is 14.8. The maximum absolute atomic E-state index is 12.8. The molecule has 1 fully saturated rings. The highest BCUT2D eigenvalue weighted by atomic mass is 16.2. The first-order chi connectivity index (χ1) is 10.8. The lowest BCUT2D eigenvalue weighted by Crippen LogP contribution is -2.35. The van der Waals surface area contributed by atoms with E-state index in [4.69, 9.17) is 5.73 Å². The Hall–Kier alpha value is -1.35. The number of hydrogen-bond donors (Lipinski definition) is 1. The summed E-state index contributed by atoms with van der Waals surface area (Å²) in [6.07, 6.45) is 10.3. The van der Waals surface area contributed by atoms with Gasteiger partial charge in [0.05, 0.1) is 0 Å². The average molecular weight is 300 g/mol. The third-order valence-corrected chi connectivity index (χ3v) is 5.18. The van der Waals surface area contributed by atoms with Crippen molar-refractivity contribution in [3.05, 3.63) is 29.3 Å². The van der Waals surface area contributed by atoms with Crippen molar-refractivity contribution in [3.63, 3.8) is 0 Å². The molecule has 1 saturated carbocycles. The average Bonchev–Trinajstić information content (AvgIpc) is 2.98. The molecule has 0 bridgehead atoms. The van der Waals surface area contributed by atoms with Crippen LogP contribution < -0.4 is 10.6 Å². The fraction of sp³-hybridized carbons (Fsp3) is 0.632. The van der Waals surface area contributed by atoms with E-state index in [-0.39, 0.29) is 5.92 Å². The van der Waals surface area contributed by atoms with Crippen LogP contribution in [0.25, 0.3) is 0 Å². The Bertz CT molecular complexity index is 520. The van der Waals surface area contributed by atoms with Crippen LogP contribution in [0, 0.1) is 5.92 Å². The molecule has 0 spiro atoms. The van der Waals surface area contributed by atoms with Gasteiger partial charge in [-0.05, 0) is 62.3 Å². The van der Waals surface area contributed by atoms with Gasteiger partial charge in [0.15, 0.2) is 0 Å². The van der Waals surface area contributed by atoms with Gasteiger partial charge in [0.2, 0.25) is 5.91 Å². The third kappa shape index (κ3) is 3.35. The zero-order chi connectivity index (χ0) is 15.4. The van der Waals surface area contributed by atoms with Gasteiger partial charge >= 0.3 is 0 Å². The lowest BCUT2D eigenvalue weighted by atomic mass is 9.88. The van der Waals surface area contributed by atoms with E-state index in [2.05, 4.69) is 23.1 Å². The summed E-state index contributed by atoms with van der Waals surface area (Å²) in [6.45, 7) is 1.64. The Morgan fingerprint density at radius 1 is 1.18 bits per heavy atom. The number of aryl methyl sites for hydroxylation is 1. The Labute approximate surface area is 133 Å². The number of carbonyl (C=O) groups excluding carboxylic acids is 1. The second-order valence-corrected chi connectivity index (χ2v) is 6.78. The minimum atomic E-state index is 0.268. The SMILES string of the molecule is NCCCCc1ccc2c(c1)CCN2C(=O)C1CCCCC1. The summed E-state index contributed by atoms with van der Waals surface area (Å²) < 4.78 is 0. The van der Waals surface area contributed by atoms with Gasteiger partial charge in [-0.25, -0.2) is 0 Å². The van der Waals surface area contributed by atoms with Crippen molar-refractivity contribution >= 4 is 11.6 Å². The summed E-state index contributed by atoms with van der Waals surface area (Å²) in [6, 6.07) is 6.67. The van der Waals surface area contributed by atoms with Gasteiger partial charge in [-0.15, -0.1) is 0 Å². The zero-order valence-corrected chi connectivity index (χ0v) is 13.5. The molecular weight excluding hydrogens is 272 g/mol. The van der Waals surface area contributed by atoms with E-state index in [1.54, 1.807) is 0 Å².